The van der Waals surface area contributed by atoms with Gasteiger partial charge in [-0.2, -0.15) is 0 Å². The molecule has 0 aliphatic rings. The second-order valence-corrected chi connectivity index (χ2v) is 6.64. The van der Waals surface area contributed by atoms with Crippen LogP contribution >= 0.6 is 24.0 Å². The lowest BCUT2D eigenvalue weighted by molar-refractivity contribution is 0.298. The lowest BCUT2D eigenvalue weighted by Gasteiger charge is -2.26. The fraction of sp³-hybridized carbons (Fsp3) is 0.409. The van der Waals surface area contributed by atoms with E-state index in [1.807, 2.05) is 24.3 Å². The van der Waals surface area contributed by atoms with Gasteiger partial charge in [-0.25, -0.2) is 4.99 Å². The number of aliphatic imine (C=N–C) groups is 1. The number of nitrogens with zero attached hydrogens (tertiary/aromatic N) is 2. The third-order valence-corrected chi connectivity index (χ3v) is 4.52. The van der Waals surface area contributed by atoms with Gasteiger partial charge < -0.3 is 25.0 Å². The molecular formula is C22H33IN4O2. The van der Waals surface area contributed by atoms with E-state index in [1.165, 1.54) is 5.56 Å². The summed E-state index contributed by atoms with van der Waals surface area (Å²) < 4.78 is 10.7. The molecule has 1 atom stereocenters. The van der Waals surface area contributed by atoms with Crippen LogP contribution < -0.4 is 20.1 Å². The molecule has 0 fully saturated rings. The molecular weight excluding hydrogens is 479 g/mol. The van der Waals surface area contributed by atoms with E-state index in [0.29, 0.717) is 6.54 Å². The number of methoxy groups -OCH3 is 2. The molecule has 0 saturated heterocycles. The summed E-state index contributed by atoms with van der Waals surface area (Å²) in [6.07, 6.45) is 0. The van der Waals surface area contributed by atoms with Crippen molar-refractivity contribution >= 4 is 29.9 Å². The van der Waals surface area contributed by atoms with Crippen molar-refractivity contribution in [3.63, 3.8) is 0 Å². The van der Waals surface area contributed by atoms with Crippen molar-refractivity contribution < 1.29 is 9.47 Å². The van der Waals surface area contributed by atoms with Gasteiger partial charge in [0.2, 0.25) is 0 Å². The summed E-state index contributed by atoms with van der Waals surface area (Å²) >= 11 is 0. The minimum Gasteiger partial charge on any atom is -0.497 e. The third kappa shape index (κ3) is 7.74. The Morgan fingerprint density at radius 3 is 2.34 bits per heavy atom. The lowest BCUT2D eigenvalue weighted by atomic mass is 10.1. The number of ether oxygens (including phenoxy) is 2. The van der Waals surface area contributed by atoms with Gasteiger partial charge in [0, 0.05) is 24.7 Å². The van der Waals surface area contributed by atoms with Crippen molar-refractivity contribution in [2.24, 2.45) is 4.99 Å². The van der Waals surface area contributed by atoms with E-state index in [-0.39, 0.29) is 30.0 Å². The van der Waals surface area contributed by atoms with E-state index >= 15 is 0 Å². The summed E-state index contributed by atoms with van der Waals surface area (Å²) in [5, 5.41) is 6.78. The Morgan fingerprint density at radius 2 is 1.76 bits per heavy atom. The van der Waals surface area contributed by atoms with Gasteiger partial charge in [0.25, 0.3) is 0 Å². The normalized spacial score (nSPS) is 12.1. The Morgan fingerprint density at radius 1 is 1.03 bits per heavy atom. The Hall–Kier alpha value is -2.00. The first kappa shape index (κ1) is 25.0. The SMILES string of the molecule is CCNC(=NCc1ccc(OC)cc1OC)NCC(c1ccccc1)N(C)C.I. The van der Waals surface area contributed by atoms with E-state index in [9.17, 15) is 0 Å². The molecule has 0 aliphatic heterocycles. The van der Waals surface area contributed by atoms with Crippen LogP contribution in [0.4, 0.5) is 0 Å². The van der Waals surface area contributed by atoms with Crippen LogP contribution in [0.25, 0.3) is 0 Å². The molecule has 0 radical (unpaired) electrons. The zero-order valence-electron chi connectivity index (χ0n) is 17.9. The van der Waals surface area contributed by atoms with Crippen LogP contribution in [-0.2, 0) is 6.54 Å². The standard InChI is InChI=1S/C22H32N4O2.HI/c1-6-23-22(24-15-18-12-13-19(27-4)14-21(18)28-5)25-16-20(26(2)3)17-10-8-7-9-11-17;/h7-14,20H,6,15-16H2,1-5H3,(H2,23,24,25);1H. The highest BCUT2D eigenvalue weighted by Gasteiger charge is 2.14. The van der Waals surface area contributed by atoms with Gasteiger partial charge in [-0.1, -0.05) is 30.3 Å². The molecule has 6 nitrogen and oxygen atoms in total. The second-order valence-electron chi connectivity index (χ2n) is 6.64. The van der Waals surface area contributed by atoms with Gasteiger partial charge in [-0.15, -0.1) is 24.0 Å². The molecule has 0 heterocycles. The fourth-order valence-corrected chi connectivity index (χ4v) is 2.96. The topological polar surface area (TPSA) is 58.1 Å². The number of guanidine groups is 1. The number of rotatable bonds is 9. The maximum absolute atomic E-state index is 5.47. The first-order valence-corrected chi connectivity index (χ1v) is 9.53. The molecule has 0 aromatic heterocycles. The maximum atomic E-state index is 5.47. The van der Waals surface area contributed by atoms with E-state index < -0.39 is 0 Å². The zero-order chi connectivity index (χ0) is 20.4. The second kappa shape index (κ2) is 13.3. The van der Waals surface area contributed by atoms with Crippen molar-refractivity contribution in [1.29, 1.82) is 0 Å². The van der Waals surface area contributed by atoms with E-state index in [0.717, 1.165) is 36.1 Å². The number of hydrogen-bond acceptors (Lipinski definition) is 4. The van der Waals surface area contributed by atoms with Crippen LogP contribution in [0.3, 0.4) is 0 Å². The molecule has 29 heavy (non-hydrogen) atoms. The summed E-state index contributed by atoms with van der Waals surface area (Å²) in [6.45, 7) is 4.12. The molecule has 0 bridgehead atoms. The molecule has 0 aliphatic carbocycles. The van der Waals surface area contributed by atoms with E-state index in [2.05, 4.69) is 60.8 Å². The van der Waals surface area contributed by atoms with Gasteiger partial charge in [-0.05, 0) is 38.7 Å². The van der Waals surface area contributed by atoms with Gasteiger partial charge >= 0.3 is 0 Å². The summed E-state index contributed by atoms with van der Waals surface area (Å²) in [5.74, 6) is 2.32. The van der Waals surface area contributed by atoms with Crippen LogP contribution in [0.2, 0.25) is 0 Å². The molecule has 7 heteroatoms. The molecule has 0 amide bonds. The summed E-state index contributed by atoms with van der Waals surface area (Å²) in [4.78, 5) is 6.93. The largest absolute Gasteiger partial charge is 0.497 e. The number of nitrogens with one attached hydrogen (secondary N) is 2. The Bertz CT molecular complexity index is 754. The summed E-state index contributed by atoms with van der Waals surface area (Å²) in [6, 6.07) is 16.5. The van der Waals surface area contributed by atoms with Crippen LogP contribution in [0.5, 0.6) is 11.5 Å². The predicted octanol–water partition coefficient (Wildman–Crippen LogP) is 3.68. The van der Waals surface area contributed by atoms with Crippen molar-refractivity contribution in [3.8, 4) is 11.5 Å². The molecule has 160 valence electrons. The number of hydrogen-bond donors (Lipinski definition) is 2. The average molecular weight is 512 g/mol. The van der Waals surface area contributed by atoms with Gasteiger partial charge in [0.1, 0.15) is 11.5 Å². The minimum absolute atomic E-state index is 0. The van der Waals surface area contributed by atoms with Crippen molar-refractivity contribution in [2.75, 3.05) is 41.4 Å². The summed E-state index contributed by atoms with van der Waals surface area (Å²) in [5.41, 5.74) is 2.28. The molecule has 2 N–H and O–H groups in total. The number of halogens is 1. The highest BCUT2D eigenvalue weighted by atomic mass is 127. The van der Waals surface area contributed by atoms with Gasteiger partial charge in [0.15, 0.2) is 5.96 Å². The molecule has 0 spiro atoms. The number of likely N-dealkylation sites (N-methyl/N-ethyl adjacent to an activating group) is 1. The monoisotopic (exact) mass is 512 g/mol. The number of benzene rings is 2. The summed E-state index contributed by atoms with van der Waals surface area (Å²) in [7, 11) is 7.48. The molecule has 1 unspecified atom stereocenters. The Balaban J connectivity index is 0.00000420. The third-order valence-electron chi connectivity index (χ3n) is 4.52. The van der Waals surface area contributed by atoms with Crippen LogP contribution in [0.15, 0.2) is 53.5 Å². The van der Waals surface area contributed by atoms with Crippen molar-refractivity contribution in [1.82, 2.24) is 15.5 Å². The Kier molecular flexibility index (Phi) is 11.5. The zero-order valence-corrected chi connectivity index (χ0v) is 20.3. The quantitative estimate of drug-likeness (QED) is 0.305. The van der Waals surface area contributed by atoms with Crippen molar-refractivity contribution in [3.05, 3.63) is 59.7 Å². The smallest absolute Gasteiger partial charge is 0.191 e. The van der Waals surface area contributed by atoms with Crippen LogP contribution in [-0.4, -0.2) is 52.3 Å². The molecule has 0 saturated carbocycles. The Labute approximate surface area is 191 Å². The van der Waals surface area contributed by atoms with Crippen LogP contribution in [0.1, 0.15) is 24.1 Å². The van der Waals surface area contributed by atoms with E-state index in [4.69, 9.17) is 14.5 Å². The molecule has 2 rings (SSSR count). The molecule has 2 aromatic carbocycles. The van der Waals surface area contributed by atoms with Crippen LogP contribution in [0, 0.1) is 0 Å². The highest BCUT2D eigenvalue weighted by Crippen LogP contribution is 2.25. The van der Waals surface area contributed by atoms with Crippen molar-refractivity contribution in [2.45, 2.75) is 19.5 Å². The van der Waals surface area contributed by atoms with E-state index in [1.54, 1.807) is 14.2 Å². The molecule has 2 aromatic rings. The first-order chi connectivity index (χ1) is 13.6. The maximum Gasteiger partial charge on any atom is 0.191 e. The van der Waals surface area contributed by atoms with Gasteiger partial charge in [-0.3, -0.25) is 0 Å². The predicted molar refractivity (Wildman–Crippen MR) is 131 cm³/mol. The minimum atomic E-state index is 0. The average Bonchev–Trinajstić information content (AvgIpc) is 2.72. The van der Waals surface area contributed by atoms with Gasteiger partial charge in [0.05, 0.1) is 26.8 Å². The highest BCUT2D eigenvalue weighted by molar-refractivity contribution is 14.0. The fourth-order valence-electron chi connectivity index (χ4n) is 2.96. The first-order valence-electron chi connectivity index (χ1n) is 9.53. The lowest BCUT2D eigenvalue weighted by Crippen LogP contribution is -2.41.